The summed E-state index contributed by atoms with van der Waals surface area (Å²) in [5, 5.41) is 2.97. The van der Waals surface area contributed by atoms with Crippen LogP contribution in [0, 0.1) is 0 Å². The Morgan fingerprint density at radius 1 is 1.00 bits per heavy atom. The third-order valence-electron chi connectivity index (χ3n) is 6.11. The number of nitrogens with one attached hydrogen (secondary N) is 2. The molecule has 0 fully saturated rings. The Morgan fingerprint density at radius 3 is 2.35 bits per heavy atom. The SMILES string of the molecule is COc1ccc(NS(=O)(=O)c2ccc(C(=O)NC[C@@H](C)N3CCc4ccccc4C3)cc2)cc1. The minimum Gasteiger partial charge on any atom is -0.497 e. The van der Waals surface area contributed by atoms with Crippen molar-refractivity contribution >= 4 is 21.6 Å². The molecule has 8 heteroatoms. The van der Waals surface area contributed by atoms with E-state index in [1.165, 1.54) is 35.4 Å². The Hall–Kier alpha value is -3.36. The quantitative estimate of drug-likeness (QED) is 0.515. The maximum absolute atomic E-state index is 12.7. The van der Waals surface area contributed by atoms with Gasteiger partial charge in [0.05, 0.1) is 12.0 Å². The summed E-state index contributed by atoms with van der Waals surface area (Å²) in [7, 11) is -2.22. The Labute approximate surface area is 200 Å². The van der Waals surface area contributed by atoms with E-state index in [9.17, 15) is 13.2 Å². The summed E-state index contributed by atoms with van der Waals surface area (Å²) in [5.74, 6) is 0.411. The van der Waals surface area contributed by atoms with Crippen LogP contribution in [0.3, 0.4) is 0 Å². The average Bonchev–Trinajstić information content (AvgIpc) is 2.87. The lowest BCUT2D eigenvalue weighted by molar-refractivity contribution is 0.0932. The van der Waals surface area contributed by atoms with Gasteiger partial charge in [-0.1, -0.05) is 24.3 Å². The number of rotatable bonds is 8. The summed E-state index contributed by atoms with van der Waals surface area (Å²) in [6, 6.07) is 21.2. The zero-order chi connectivity index (χ0) is 24.1. The molecule has 1 aliphatic rings. The van der Waals surface area contributed by atoms with Crippen molar-refractivity contribution in [3.8, 4) is 5.75 Å². The Kier molecular flexibility index (Phi) is 7.19. The predicted molar refractivity (Wildman–Crippen MR) is 133 cm³/mol. The summed E-state index contributed by atoms with van der Waals surface area (Å²) < 4.78 is 32.9. The van der Waals surface area contributed by atoms with Gasteiger partial charge in [0, 0.05) is 36.9 Å². The molecule has 1 aliphatic heterocycles. The van der Waals surface area contributed by atoms with Gasteiger partial charge in [-0.25, -0.2) is 8.42 Å². The third-order valence-corrected chi connectivity index (χ3v) is 7.51. The molecule has 3 aromatic carbocycles. The van der Waals surface area contributed by atoms with E-state index < -0.39 is 10.0 Å². The van der Waals surface area contributed by atoms with E-state index in [1.54, 1.807) is 31.4 Å². The second kappa shape index (κ2) is 10.3. The third kappa shape index (κ3) is 5.58. The van der Waals surface area contributed by atoms with Gasteiger partial charge in [0.25, 0.3) is 15.9 Å². The number of carbonyl (C=O) groups excluding carboxylic acids is 1. The molecule has 0 aliphatic carbocycles. The molecule has 0 saturated heterocycles. The molecule has 0 spiro atoms. The average molecular weight is 480 g/mol. The molecule has 7 nitrogen and oxygen atoms in total. The standard InChI is InChI=1S/C26H29N3O4S/c1-19(29-16-15-20-5-3-4-6-22(20)18-29)17-27-26(30)21-7-13-25(14-8-21)34(31,32)28-23-9-11-24(33-2)12-10-23/h3-14,19,28H,15-18H2,1-2H3,(H,27,30)/t19-/m1/s1. The summed E-state index contributed by atoms with van der Waals surface area (Å²) in [5.41, 5.74) is 3.58. The molecule has 3 aromatic rings. The van der Waals surface area contributed by atoms with E-state index in [0.717, 1.165) is 19.5 Å². The number of nitrogens with zero attached hydrogens (tertiary/aromatic N) is 1. The molecular weight excluding hydrogens is 450 g/mol. The van der Waals surface area contributed by atoms with Gasteiger partial charge in [0.15, 0.2) is 0 Å². The number of amides is 1. The van der Waals surface area contributed by atoms with Crippen molar-refractivity contribution < 1.29 is 17.9 Å². The molecule has 0 unspecified atom stereocenters. The largest absolute Gasteiger partial charge is 0.497 e. The summed E-state index contributed by atoms with van der Waals surface area (Å²) in [6.45, 7) is 4.46. The van der Waals surface area contributed by atoms with E-state index in [-0.39, 0.29) is 16.8 Å². The van der Waals surface area contributed by atoms with Crippen LogP contribution in [-0.4, -0.2) is 45.5 Å². The highest BCUT2D eigenvalue weighted by Gasteiger charge is 2.21. The number of fused-ring (bicyclic) bond motifs is 1. The van der Waals surface area contributed by atoms with Crippen molar-refractivity contribution in [3.05, 3.63) is 89.5 Å². The fourth-order valence-electron chi connectivity index (χ4n) is 4.02. The molecule has 4 rings (SSSR count). The van der Waals surface area contributed by atoms with Gasteiger partial charge in [-0.15, -0.1) is 0 Å². The number of hydrogen-bond donors (Lipinski definition) is 2. The van der Waals surface area contributed by atoms with E-state index in [4.69, 9.17) is 4.74 Å². The number of carbonyl (C=O) groups is 1. The van der Waals surface area contributed by atoms with Crippen LogP contribution >= 0.6 is 0 Å². The highest BCUT2D eigenvalue weighted by Crippen LogP contribution is 2.21. The van der Waals surface area contributed by atoms with Crippen LogP contribution in [0.1, 0.15) is 28.4 Å². The maximum atomic E-state index is 12.7. The van der Waals surface area contributed by atoms with Crippen LogP contribution in [0.15, 0.2) is 77.7 Å². The molecule has 0 radical (unpaired) electrons. The highest BCUT2D eigenvalue weighted by molar-refractivity contribution is 7.92. The van der Waals surface area contributed by atoms with Gasteiger partial charge in [-0.3, -0.25) is 14.4 Å². The molecule has 34 heavy (non-hydrogen) atoms. The zero-order valence-electron chi connectivity index (χ0n) is 19.3. The zero-order valence-corrected chi connectivity index (χ0v) is 20.1. The van der Waals surface area contributed by atoms with Crippen molar-refractivity contribution in [3.63, 3.8) is 0 Å². The Balaban J connectivity index is 1.32. The molecule has 178 valence electrons. The van der Waals surface area contributed by atoms with Crippen LogP contribution in [0.25, 0.3) is 0 Å². The summed E-state index contributed by atoms with van der Waals surface area (Å²) in [6.07, 6.45) is 1.01. The molecule has 0 bridgehead atoms. The predicted octanol–water partition coefficient (Wildman–Crippen LogP) is 3.67. The summed E-state index contributed by atoms with van der Waals surface area (Å²) >= 11 is 0. The Bertz CT molecular complexity index is 1240. The number of ether oxygens (including phenoxy) is 1. The molecule has 2 N–H and O–H groups in total. The Morgan fingerprint density at radius 2 is 1.68 bits per heavy atom. The van der Waals surface area contributed by atoms with Crippen LogP contribution < -0.4 is 14.8 Å². The number of methoxy groups -OCH3 is 1. The van der Waals surface area contributed by atoms with Gasteiger partial charge in [-0.2, -0.15) is 0 Å². The van der Waals surface area contributed by atoms with E-state index >= 15 is 0 Å². The van der Waals surface area contributed by atoms with Crippen molar-refractivity contribution in [1.82, 2.24) is 10.2 Å². The molecular formula is C26H29N3O4S. The van der Waals surface area contributed by atoms with Gasteiger partial charge < -0.3 is 10.1 Å². The lowest BCUT2D eigenvalue weighted by atomic mass is 9.99. The number of benzene rings is 3. The molecule has 1 heterocycles. The monoisotopic (exact) mass is 479 g/mol. The first-order valence-electron chi connectivity index (χ1n) is 11.2. The first-order valence-corrected chi connectivity index (χ1v) is 12.7. The van der Waals surface area contributed by atoms with Gasteiger partial charge in [0.2, 0.25) is 0 Å². The highest BCUT2D eigenvalue weighted by atomic mass is 32.2. The van der Waals surface area contributed by atoms with Gasteiger partial charge in [0.1, 0.15) is 5.75 Å². The second-order valence-electron chi connectivity index (χ2n) is 8.41. The fraction of sp³-hybridized carbons (Fsp3) is 0.269. The number of anilines is 1. The van der Waals surface area contributed by atoms with Crippen LogP contribution in [-0.2, 0) is 23.0 Å². The second-order valence-corrected chi connectivity index (χ2v) is 10.1. The minimum absolute atomic E-state index is 0.0835. The summed E-state index contributed by atoms with van der Waals surface area (Å²) in [4.78, 5) is 15.1. The molecule has 1 amide bonds. The molecule has 1 atom stereocenters. The topological polar surface area (TPSA) is 87.7 Å². The smallest absolute Gasteiger partial charge is 0.261 e. The van der Waals surface area contributed by atoms with Crippen molar-refractivity contribution in [1.29, 1.82) is 0 Å². The van der Waals surface area contributed by atoms with Crippen molar-refractivity contribution in [2.45, 2.75) is 30.8 Å². The maximum Gasteiger partial charge on any atom is 0.261 e. The lowest BCUT2D eigenvalue weighted by Crippen LogP contribution is -2.44. The fourth-order valence-corrected chi connectivity index (χ4v) is 5.08. The van der Waals surface area contributed by atoms with E-state index in [2.05, 4.69) is 46.1 Å². The minimum atomic E-state index is -3.77. The van der Waals surface area contributed by atoms with Gasteiger partial charge in [-0.05, 0) is 73.0 Å². The number of sulfonamides is 1. The normalized spacial score (nSPS) is 14.6. The number of hydrogen-bond acceptors (Lipinski definition) is 5. The molecule has 0 saturated carbocycles. The van der Waals surface area contributed by atoms with E-state index in [0.29, 0.717) is 23.5 Å². The van der Waals surface area contributed by atoms with Crippen molar-refractivity contribution in [2.75, 3.05) is 24.9 Å². The van der Waals surface area contributed by atoms with Crippen LogP contribution in [0.4, 0.5) is 5.69 Å². The van der Waals surface area contributed by atoms with Crippen LogP contribution in [0.2, 0.25) is 0 Å². The first-order chi connectivity index (χ1) is 16.4. The molecule has 0 aromatic heterocycles. The van der Waals surface area contributed by atoms with Crippen LogP contribution in [0.5, 0.6) is 5.75 Å². The van der Waals surface area contributed by atoms with Gasteiger partial charge >= 0.3 is 0 Å². The first kappa shape index (κ1) is 23.8. The van der Waals surface area contributed by atoms with Crippen molar-refractivity contribution in [2.24, 2.45) is 0 Å². The lowest BCUT2D eigenvalue weighted by Gasteiger charge is -2.33. The van der Waals surface area contributed by atoms with E-state index in [1.807, 2.05) is 0 Å².